The molecule has 2 aromatic rings. The van der Waals surface area contributed by atoms with Crippen molar-refractivity contribution in [2.24, 2.45) is 7.05 Å². The van der Waals surface area contributed by atoms with E-state index in [0.717, 1.165) is 17.7 Å². The zero-order valence-electron chi connectivity index (χ0n) is 12.7. The third-order valence-corrected chi connectivity index (χ3v) is 3.80. The molecule has 0 saturated carbocycles. The van der Waals surface area contributed by atoms with Crippen LogP contribution < -0.4 is 10.2 Å². The molecule has 1 aliphatic heterocycles. The second-order valence-corrected chi connectivity index (χ2v) is 5.35. The van der Waals surface area contributed by atoms with Gasteiger partial charge in [0, 0.05) is 37.5 Å². The lowest BCUT2D eigenvalue weighted by atomic mass is 10.1. The molecule has 22 heavy (non-hydrogen) atoms. The molecule has 114 valence electrons. The molecule has 0 saturated heterocycles. The van der Waals surface area contributed by atoms with Gasteiger partial charge in [-0.25, -0.2) is 0 Å². The number of amides is 2. The van der Waals surface area contributed by atoms with Crippen LogP contribution in [0.25, 0.3) is 0 Å². The molecule has 0 unspecified atom stereocenters. The summed E-state index contributed by atoms with van der Waals surface area (Å²) >= 11 is 0. The van der Waals surface area contributed by atoms with Gasteiger partial charge in [0.1, 0.15) is 0 Å². The molecule has 6 heteroatoms. The third-order valence-electron chi connectivity index (χ3n) is 3.80. The van der Waals surface area contributed by atoms with Crippen molar-refractivity contribution < 1.29 is 9.59 Å². The van der Waals surface area contributed by atoms with Gasteiger partial charge in [-0.05, 0) is 30.2 Å². The number of aryl methyl sites for hydroxylation is 1. The highest BCUT2D eigenvalue weighted by Gasteiger charge is 2.24. The minimum absolute atomic E-state index is 0.117. The van der Waals surface area contributed by atoms with E-state index in [1.807, 2.05) is 19.1 Å². The van der Waals surface area contributed by atoms with Gasteiger partial charge in [-0.2, -0.15) is 5.10 Å². The summed E-state index contributed by atoms with van der Waals surface area (Å²) in [5, 5.41) is 6.83. The number of aromatic nitrogens is 2. The van der Waals surface area contributed by atoms with Gasteiger partial charge >= 0.3 is 0 Å². The summed E-state index contributed by atoms with van der Waals surface area (Å²) in [5.74, 6) is -0.0534. The Balaban J connectivity index is 1.79. The first kappa shape index (κ1) is 14.3. The maximum absolute atomic E-state index is 12.3. The molecule has 0 atom stereocenters. The Labute approximate surface area is 128 Å². The summed E-state index contributed by atoms with van der Waals surface area (Å²) in [7, 11) is 1.80. The highest BCUT2D eigenvalue weighted by molar-refractivity contribution is 6.05. The lowest BCUT2D eigenvalue weighted by molar-refractivity contribution is -0.118. The Bertz CT molecular complexity index is 735. The molecule has 2 amide bonds. The smallest absolute Gasteiger partial charge is 0.255 e. The van der Waals surface area contributed by atoms with Gasteiger partial charge in [0.25, 0.3) is 5.91 Å². The Morgan fingerprint density at radius 3 is 2.86 bits per heavy atom. The van der Waals surface area contributed by atoms with Crippen LogP contribution in [-0.4, -0.2) is 28.1 Å². The number of hydrogen-bond donors (Lipinski definition) is 1. The van der Waals surface area contributed by atoms with Crippen molar-refractivity contribution in [3.63, 3.8) is 0 Å². The normalized spacial score (nSPS) is 13.1. The molecular weight excluding hydrogens is 280 g/mol. The molecule has 1 aliphatic rings. The van der Waals surface area contributed by atoms with Gasteiger partial charge in [-0.15, -0.1) is 0 Å². The number of benzene rings is 1. The zero-order chi connectivity index (χ0) is 15.7. The first-order valence-electron chi connectivity index (χ1n) is 7.31. The lowest BCUT2D eigenvalue weighted by Gasteiger charge is -2.16. The van der Waals surface area contributed by atoms with Gasteiger partial charge in [-0.1, -0.05) is 6.92 Å². The van der Waals surface area contributed by atoms with Crippen molar-refractivity contribution in [2.75, 3.05) is 16.8 Å². The molecule has 0 radical (unpaired) electrons. The maximum atomic E-state index is 12.3. The van der Waals surface area contributed by atoms with E-state index in [1.54, 1.807) is 35.1 Å². The van der Waals surface area contributed by atoms with E-state index in [4.69, 9.17) is 0 Å². The van der Waals surface area contributed by atoms with Crippen molar-refractivity contribution in [1.82, 2.24) is 9.78 Å². The number of carbonyl (C=O) groups is 2. The third kappa shape index (κ3) is 2.59. The minimum atomic E-state index is -0.170. The van der Waals surface area contributed by atoms with Crippen LogP contribution in [0.15, 0.2) is 30.6 Å². The maximum Gasteiger partial charge on any atom is 0.255 e. The van der Waals surface area contributed by atoms with Crippen LogP contribution >= 0.6 is 0 Å². The van der Waals surface area contributed by atoms with Crippen molar-refractivity contribution in [2.45, 2.75) is 19.8 Å². The number of nitrogens with zero attached hydrogens (tertiary/aromatic N) is 3. The summed E-state index contributed by atoms with van der Waals surface area (Å²) < 4.78 is 1.63. The van der Waals surface area contributed by atoms with Crippen LogP contribution in [0, 0.1) is 0 Å². The van der Waals surface area contributed by atoms with Gasteiger partial charge < -0.3 is 10.2 Å². The molecule has 6 nitrogen and oxygen atoms in total. The number of hydrogen-bond acceptors (Lipinski definition) is 3. The van der Waals surface area contributed by atoms with Crippen LogP contribution in [-0.2, 0) is 18.3 Å². The predicted molar refractivity (Wildman–Crippen MR) is 84.0 cm³/mol. The first-order valence-corrected chi connectivity index (χ1v) is 7.31. The molecule has 0 bridgehead atoms. The number of fused-ring (bicyclic) bond motifs is 1. The summed E-state index contributed by atoms with van der Waals surface area (Å²) in [6, 6.07) is 5.48. The number of anilines is 2. The molecular formula is C16H18N4O2. The number of carbonyl (C=O) groups excluding carboxylic acids is 2. The fourth-order valence-corrected chi connectivity index (χ4v) is 2.68. The lowest BCUT2D eigenvalue weighted by Crippen LogP contribution is -2.27. The Morgan fingerprint density at radius 2 is 2.18 bits per heavy atom. The largest absolute Gasteiger partial charge is 0.319 e. The Morgan fingerprint density at radius 1 is 1.36 bits per heavy atom. The zero-order valence-corrected chi connectivity index (χ0v) is 12.7. The highest BCUT2D eigenvalue weighted by atomic mass is 16.2. The molecule has 0 fully saturated rings. The second kappa shape index (κ2) is 5.63. The highest BCUT2D eigenvalue weighted by Crippen LogP contribution is 2.29. The van der Waals surface area contributed by atoms with E-state index < -0.39 is 0 Å². The van der Waals surface area contributed by atoms with E-state index in [1.165, 1.54) is 0 Å². The summed E-state index contributed by atoms with van der Waals surface area (Å²) in [6.07, 6.45) is 4.62. The van der Waals surface area contributed by atoms with Crippen molar-refractivity contribution in [3.8, 4) is 0 Å². The monoisotopic (exact) mass is 298 g/mol. The molecule has 1 N–H and O–H groups in total. The van der Waals surface area contributed by atoms with Crippen LogP contribution in [0.2, 0.25) is 0 Å². The first-order chi connectivity index (χ1) is 10.6. The van der Waals surface area contributed by atoms with E-state index in [0.29, 0.717) is 24.2 Å². The van der Waals surface area contributed by atoms with Crippen molar-refractivity contribution in [1.29, 1.82) is 0 Å². The number of rotatable bonds is 3. The minimum Gasteiger partial charge on any atom is -0.319 e. The van der Waals surface area contributed by atoms with E-state index >= 15 is 0 Å². The average Bonchev–Trinajstić information content (AvgIpc) is 3.11. The Hall–Kier alpha value is -2.63. The van der Waals surface area contributed by atoms with Gasteiger partial charge in [0.2, 0.25) is 5.91 Å². The SMILES string of the molecule is CCC(=O)N1CCc2cc(C(=O)Nc3cnn(C)c3)ccc21. The Kier molecular flexibility index (Phi) is 3.66. The average molecular weight is 298 g/mol. The predicted octanol–water partition coefficient (Wildman–Crippen LogP) is 1.97. The molecule has 1 aromatic heterocycles. The van der Waals surface area contributed by atoms with Crippen molar-refractivity contribution >= 4 is 23.2 Å². The van der Waals surface area contributed by atoms with Crippen LogP contribution in [0.4, 0.5) is 11.4 Å². The molecule has 0 spiro atoms. The fourth-order valence-electron chi connectivity index (χ4n) is 2.68. The van der Waals surface area contributed by atoms with Crippen LogP contribution in [0.5, 0.6) is 0 Å². The van der Waals surface area contributed by atoms with Crippen LogP contribution in [0.1, 0.15) is 29.3 Å². The molecule has 0 aliphatic carbocycles. The van der Waals surface area contributed by atoms with Gasteiger partial charge in [0.05, 0.1) is 11.9 Å². The van der Waals surface area contributed by atoms with E-state index in [9.17, 15) is 9.59 Å². The molecule has 1 aromatic carbocycles. The second-order valence-electron chi connectivity index (χ2n) is 5.35. The van der Waals surface area contributed by atoms with E-state index in [-0.39, 0.29) is 11.8 Å². The molecule has 3 rings (SSSR count). The quantitative estimate of drug-likeness (QED) is 0.942. The fraction of sp³-hybridized carbons (Fsp3) is 0.312. The van der Waals surface area contributed by atoms with Gasteiger partial charge in [-0.3, -0.25) is 14.3 Å². The van der Waals surface area contributed by atoms with E-state index in [2.05, 4.69) is 10.4 Å². The van der Waals surface area contributed by atoms with Gasteiger partial charge in [0.15, 0.2) is 0 Å². The summed E-state index contributed by atoms with van der Waals surface area (Å²) in [5.41, 5.74) is 3.22. The van der Waals surface area contributed by atoms with Crippen LogP contribution in [0.3, 0.4) is 0 Å². The molecule has 2 heterocycles. The summed E-state index contributed by atoms with van der Waals surface area (Å²) in [6.45, 7) is 2.55. The standard InChI is InChI=1S/C16H18N4O2/c1-3-15(21)20-7-6-11-8-12(4-5-14(11)20)16(22)18-13-9-17-19(2)10-13/h4-5,8-10H,3,6-7H2,1-2H3,(H,18,22). The number of nitrogens with one attached hydrogen (secondary N) is 1. The topological polar surface area (TPSA) is 67.2 Å². The summed E-state index contributed by atoms with van der Waals surface area (Å²) in [4.78, 5) is 25.9. The van der Waals surface area contributed by atoms with Crippen molar-refractivity contribution in [3.05, 3.63) is 41.7 Å².